The van der Waals surface area contributed by atoms with E-state index in [4.69, 9.17) is 0 Å². The molecular weight excluding hydrogens is 260 g/mol. The van der Waals surface area contributed by atoms with Crippen LogP contribution in [0.4, 0.5) is 10.8 Å². The minimum Gasteiger partial charge on any atom is -0.378 e. The Morgan fingerprint density at radius 1 is 1.21 bits per heavy atom. The van der Waals surface area contributed by atoms with Crippen molar-refractivity contribution >= 4 is 28.1 Å². The normalized spacial score (nSPS) is 10.3. The van der Waals surface area contributed by atoms with Gasteiger partial charge in [0.05, 0.1) is 0 Å². The molecule has 0 N–H and O–H groups in total. The molecule has 1 amide bonds. The summed E-state index contributed by atoms with van der Waals surface area (Å²) in [6, 6.07) is 8.07. The number of aromatic nitrogens is 2. The number of rotatable bonds is 3. The van der Waals surface area contributed by atoms with Gasteiger partial charge in [0.1, 0.15) is 5.01 Å². The van der Waals surface area contributed by atoms with E-state index in [2.05, 4.69) is 16.3 Å². The van der Waals surface area contributed by atoms with Gasteiger partial charge < -0.3 is 4.90 Å². The SMILES string of the molecule is CC(=O)N(C)c1nnc(-c2cccc(N(C)C)c2)s1. The molecule has 0 saturated heterocycles. The van der Waals surface area contributed by atoms with Gasteiger partial charge in [-0.15, -0.1) is 10.2 Å². The standard InChI is InChI=1S/C13H16N4OS/c1-9(18)17(4)13-15-14-12(19-13)10-6-5-7-11(8-10)16(2)3/h5-8H,1-4H3. The van der Waals surface area contributed by atoms with Crippen LogP contribution in [-0.4, -0.2) is 37.2 Å². The van der Waals surface area contributed by atoms with Crippen LogP contribution in [0.2, 0.25) is 0 Å². The molecule has 0 spiro atoms. The molecule has 0 atom stereocenters. The average Bonchev–Trinajstić information content (AvgIpc) is 2.87. The van der Waals surface area contributed by atoms with Gasteiger partial charge in [-0.25, -0.2) is 0 Å². The number of carbonyl (C=O) groups excluding carboxylic acids is 1. The summed E-state index contributed by atoms with van der Waals surface area (Å²) in [5.41, 5.74) is 2.11. The summed E-state index contributed by atoms with van der Waals surface area (Å²) in [7, 11) is 5.69. The van der Waals surface area contributed by atoms with Crippen LogP contribution in [-0.2, 0) is 4.79 Å². The van der Waals surface area contributed by atoms with Crippen LogP contribution in [0.25, 0.3) is 10.6 Å². The lowest BCUT2D eigenvalue weighted by Gasteiger charge is -2.12. The number of anilines is 2. The van der Waals surface area contributed by atoms with Crippen molar-refractivity contribution in [1.82, 2.24) is 10.2 Å². The molecule has 0 aliphatic heterocycles. The number of nitrogens with zero attached hydrogens (tertiary/aromatic N) is 4. The van der Waals surface area contributed by atoms with Gasteiger partial charge >= 0.3 is 0 Å². The van der Waals surface area contributed by atoms with Crippen molar-refractivity contribution in [2.45, 2.75) is 6.92 Å². The summed E-state index contributed by atoms with van der Waals surface area (Å²) in [6.45, 7) is 1.51. The van der Waals surface area contributed by atoms with Crippen LogP contribution in [0.3, 0.4) is 0 Å². The van der Waals surface area contributed by atoms with E-state index in [1.54, 1.807) is 7.05 Å². The third-order valence-electron chi connectivity index (χ3n) is 2.78. The van der Waals surface area contributed by atoms with Gasteiger partial charge in [-0.1, -0.05) is 23.5 Å². The third-order valence-corrected chi connectivity index (χ3v) is 3.83. The second-order valence-corrected chi connectivity index (χ2v) is 5.37. The molecule has 19 heavy (non-hydrogen) atoms. The molecule has 2 rings (SSSR count). The zero-order chi connectivity index (χ0) is 14.0. The first-order chi connectivity index (χ1) is 8.99. The van der Waals surface area contributed by atoms with Crippen LogP contribution < -0.4 is 9.80 Å². The van der Waals surface area contributed by atoms with Crippen molar-refractivity contribution in [2.75, 3.05) is 30.9 Å². The van der Waals surface area contributed by atoms with E-state index in [9.17, 15) is 4.79 Å². The highest BCUT2D eigenvalue weighted by molar-refractivity contribution is 7.18. The van der Waals surface area contributed by atoms with Crippen LogP contribution in [0.1, 0.15) is 6.92 Å². The van der Waals surface area contributed by atoms with E-state index < -0.39 is 0 Å². The summed E-state index contributed by atoms with van der Waals surface area (Å²) in [6.07, 6.45) is 0. The van der Waals surface area contributed by atoms with E-state index in [1.165, 1.54) is 23.2 Å². The van der Waals surface area contributed by atoms with E-state index >= 15 is 0 Å². The van der Waals surface area contributed by atoms with Crippen molar-refractivity contribution in [3.05, 3.63) is 24.3 Å². The van der Waals surface area contributed by atoms with Gasteiger partial charge in [-0.3, -0.25) is 9.69 Å². The predicted molar refractivity (Wildman–Crippen MR) is 78.8 cm³/mol. The fourth-order valence-electron chi connectivity index (χ4n) is 1.52. The maximum atomic E-state index is 11.3. The zero-order valence-corrected chi connectivity index (χ0v) is 12.2. The van der Waals surface area contributed by atoms with Gasteiger partial charge in [0.2, 0.25) is 11.0 Å². The molecule has 100 valence electrons. The van der Waals surface area contributed by atoms with Crippen LogP contribution in [0.5, 0.6) is 0 Å². The fraction of sp³-hybridized carbons (Fsp3) is 0.308. The number of benzene rings is 1. The quantitative estimate of drug-likeness (QED) is 0.862. The lowest BCUT2D eigenvalue weighted by Crippen LogP contribution is -2.22. The first-order valence-corrected chi connectivity index (χ1v) is 6.66. The molecular formula is C13H16N4OS. The summed E-state index contributed by atoms with van der Waals surface area (Å²) in [4.78, 5) is 14.8. The van der Waals surface area contributed by atoms with Crippen molar-refractivity contribution in [3.8, 4) is 10.6 Å². The Balaban J connectivity index is 2.32. The van der Waals surface area contributed by atoms with Crippen molar-refractivity contribution < 1.29 is 4.79 Å². The fourth-order valence-corrected chi connectivity index (χ4v) is 2.37. The lowest BCUT2D eigenvalue weighted by molar-refractivity contribution is -0.116. The lowest BCUT2D eigenvalue weighted by atomic mass is 10.2. The van der Waals surface area contributed by atoms with E-state index in [0.29, 0.717) is 5.13 Å². The Morgan fingerprint density at radius 3 is 2.58 bits per heavy atom. The third kappa shape index (κ3) is 2.90. The Morgan fingerprint density at radius 2 is 1.95 bits per heavy atom. The second-order valence-electron chi connectivity index (χ2n) is 4.41. The molecule has 0 radical (unpaired) electrons. The maximum absolute atomic E-state index is 11.3. The Kier molecular flexibility index (Phi) is 3.80. The molecule has 0 aliphatic rings. The maximum Gasteiger partial charge on any atom is 0.225 e. The smallest absolute Gasteiger partial charge is 0.225 e. The first-order valence-electron chi connectivity index (χ1n) is 5.84. The molecule has 0 bridgehead atoms. The molecule has 5 nitrogen and oxygen atoms in total. The van der Waals surface area contributed by atoms with Crippen molar-refractivity contribution in [2.24, 2.45) is 0 Å². The molecule has 1 aromatic carbocycles. The molecule has 0 aliphatic carbocycles. The molecule has 0 unspecified atom stereocenters. The summed E-state index contributed by atoms with van der Waals surface area (Å²) in [5.74, 6) is -0.0512. The molecule has 2 aromatic rings. The van der Waals surface area contributed by atoms with Crippen molar-refractivity contribution in [1.29, 1.82) is 0 Å². The van der Waals surface area contributed by atoms with Crippen LogP contribution in [0.15, 0.2) is 24.3 Å². The predicted octanol–water partition coefficient (Wildman–Crippen LogP) is 2.25. The highest BCUT2D eigenvalue weighted by Crippen LogP contribution is 2.30. The van der Waals surface area contributed by atoms with Crippen LogP contribution >= 0.6 is 11.3 Å². The van der Waals surface area contributed by atoms with E-state index in [1.807, 2.05) is 37.2 Å². The zero-order valence-electron chi connectivity index (χ0n) is 11.4. The number of amides is 1. The topological polar surface area (TPSA) is 49.3 Å². The summed E-state index contributed by atoms with van der Waals surface area (Å²) >= 11 is 1.41. The average molecular weight is 276 g/mol. The highest BCUT2D eigenvalue weighted by atomic mass is 32.1. The molecule has 6 heteroatoms. The van der Waals surface area contributed by atoms with E-state index in [-0.39, 0.29) is 5.91 Å². The minimum atomic E-state index is -0.0512. The first kappa shape index (κ1) is 13.5. The largest absolute Gasteiger partial charge is 0.378 e. The van der Waals surface area contributed by atoms with E-state index in [0.717, 1.165) is 16.3 Å². The van der Waals surface area contributed by atoms with Crippen LogP contribution in [0, 0.1) is 0 Å². The number of hydrogen-bond donors (Lipinski definition) is 0. The van der Waals surface area contributed by atoms with Gasteiger partial charge in [0.15, 0.2) is 0 Å². The van der Waals surface area contributed by atoms with Crippen molar-refractivity contribution in [3.63, 3.8) is 0 Å². The summed E-state index contributed by atoms with van der Waals surface area (Å²) < 4.78 is 0. The highest BCUT2D eigenvalue weighted by Gasteiger charge is 2.13. The van der Waals surface area contributed by atoms with Gasteiger partial charge in [-0.05, 0) is 12.1 Å². The Labute approximate surface area is 116 Å². The number of carbonyl (C=O) groups is 1. The Bertz CT molecular complexity index is 594. The number of hydrogen-bond acceptors (Lipinski definition) is 5. The summed E-state index contributed by atoms with van der Waals surface area (Å²) in [5, 5.41) is 9.62. The molecule has 1 heterocycles. The second kappa shape index (κ2) is 5.36. The minimum absolute atomic E-state index is 0.0512. The van der Waals surface area contributed by atoms with Gasteiger partial charge in [-0.2, -0.15) is 0 Å². The molecule has 1 aromatic heterocycles. The van der Waals surface area contributed by atoms with Gasteiger partial charge in [0.25, 0.3) is 0 Å². The molecule has 0 fully saturated rings. The molecule has 0 saturated carbocycles. The van der Waals surface area contributed by atoms with Gasteiger partial charge in [0, 0.05) is 39.3 Å². The monoisotopic (exact) mass is 276 g/mol. The Hall–Kier alpha value is -1.95.